The van der Waals surface area contributed by atoms with Crippen molar-refractivity contribution in [3.05, 3.63) is 16.7 Å². The van der Waals surface area contributed by atoms with Crippen molar-refractivity contribution in [2.45, 2.75) is 38.1 Å². The van der Waals surface area contributed by atoms with Crippen LogP contribution in [-0.4, -0.2) is 30.3 Å². The summed E-state index contributed by atoms with van der Waals surface area (Å²) in [4.78, 5) is 3.93. The lowest BCUT2D eigenvalue weighted by atomic mass is 10.3. The Balaban J connectivity index is 3.31. The van der Waals surface area contributed by atoms with Crippen LogP contribution in [0.5, 0.6) is 0 Å². The van der Waals surface area contributed by atoms with Gasteiger partial charge in [0.1, 0.15) is 10.7 Å². The number of aromatic nitrogens is 1. The normalized spacial score (nSPS) is 13.8. The highest BCUT2D eigenvalue weighted by molar-refractivity contribution is 9.10. The number of halogens is 1. The topological polar surface area (TPSA) is 76.3 Å². The third-order valence-electron chi connectivity index (χ3n) is 2.83. The van der Waals surface area contributed by atoms with E-state index in [1.165, 1.54) is 16.6 Å². The minimum Gasteiger partial charge on any atom is -0.383 e. The van der Waals surface area contributed by atoms with E-state index in [-0.39, 0.29) is 16.8 Å². The SMILES string of the molecule is CCC(C)N(CC)S(=O)(=O)c1cc(Br)cnc1N. The van der Waals surface area contributed by atoms with Gasteiger partial charge in [0.05, 0.1) is 0 Å². The molecule has 0 bridgehead atoms. The highest BCUT2D eigenvalue weighted by Gasteiger charge is 2.29. The van der Waals surface area contributed by atoms with Gasteiger partial charge in [-0.15, -0.1) is 0 Å². The summed E-state index contributed by atoms with van der Waals surface area (Å²) in [5.41, 5.74) is 5.67. The summed E-state index contributed by atoms with van der Waals surface area (Å²) in [5.74, 6) is 0.0277. The lowest BCUT2D eigenvalue weighted by Gasteiger charge is -2.26. The van der Waals surface area contributed by atoms with Crippen LogP contribution < -0.4 is 5.73 Å². The lowest BCUT2D eigenvalue weighted by molar-refractivity contribution is 0.342. The van der Waals surface area contributed by atoms with Crippen molar-refractivity contribution in [1.29, 1.82) is 0 Å². The third kappa shape index (κ3) is 3.02. The monoisotopic (exact) mass is 335 g/mol. The summed E-state index contributed by atoms with van der Waals surface area (Å²) in [6, 6.07) is 1.42. The number of anilines is 1. The summed E-state index contributed by atoms with van der Waals surface area (Å²) in [5, 5.41) is 0. The van der Waals surface area contributed by atoms with Crippen molar-refractivity contribution in [2.24, 2.45) is 0 Å². The van der Waals surface area contributed by atoms with E-state index in [0.29, 0.717) is 11.0 Å². The Labute approximate surface area is 117 Å². The smallest absolute Gasteiger partial charge is 0.247 e. The van der Waals surface area contributed by atoms with E-state index in [4.69, 9.17) is 5.73 Å². The van der Waals surface area contributed by atoms with Crippen molar-refractivity contribution >= 4 is 31.8 Å². The Morgan fingerprint density at radius 3 is 2.61 bits per heavy atom. The van der Waals surface area contributed by atoms with Crippen molar-refractivity contribution < 1.29 is 8.42 Å². The lowest BCUT2D eigenvalue weighted by Crippen LogP contribution is -2.38. The molecular weight excluding hydrogens is 318 g/mol. The molecule has 0 fully saturated rings. The van der Waals surface area contributed by atoms with Gasteiger partial charge in [0.2, 0.25) is 10.0 Å². The first-order chi connectivity index (χ1) is 8.34. The van der Waals surface area contributed by atoms with E-state index in [0.717, 1.165) is 6.42 Å². The van der Waals surface area contributed by atoms with E-state index >= 15 is 0 Å². The van der Waals surface area contributed by atoms with Gasteiger partial charge in [-0.2, -0.15) is 4.31 Å². The first kappa shape index (κ1) is 15.4. The van der Waals surface area contributed by atoms with Gasteiger partial charge >= 0.3 is 0 Å². The standard InChI is InChI=1S/C11H18BrN3O2S/c1-4-8(3)15(5-2)18(16,17)10-6-9(12)7-14-11(10)13/h6-8H,4-5H2,1-3H3,(H2,13,14). The molecule has 0 aromatic carbocycles. The largest absolute Gasteiger partial charge is 0.383 e. The van der Waals surface area contributed by atoms with Crippen LogP contribution in [0.4, 0.5) is 5.82 Å². The number of pyridine rings is 1. The van der Waals surface area contributed by atoms with Gasteiger partial charge in [0.15, 0.2) is 0 Å². The van der Waals surface area contributed by atoms with Gasteiger partial charge in [0.25, 0.3) is 0 Å². The van der Waals surface area contributed by atoms with Crippen molar-refractivity contribution in [3.63, 3.8) is 0 Å². The summed E-state index contributed by atoms with van der Waals surface area (Å²) >= 11 is 3.21. The van der Waals surface area contributed by atoms with Gasteiger partial charge < -0.3 is 5.73 Å². The zero-order valence-electron chi connectivity index (χ0n) is 10.7. The van der Waals surface area contributed by atoms with E-state index in [1.54, 1.807) is 0 Å². The number of nitrogen functional groups attached to an aromatic ring is 1. The predicted molar refractivity (Wildman–Crippen MR) is 75.7 cm³/mol. The van der Waals surface area contributed by atoms with Crippen LogP contribution in [0.25, 0.3) is 0 Å². The molecule has 0 spiro atoms. The Morgan fingerprint density at radius 2 is 2.11 bits per heavy atom. The quantitative estimate of drug-likeness (QED) is 0.895. The second-order valence-corrected chi connectivity index (χ2v) is 6.78. The molecule has 1 aromatic rings. The van der Waals surface area contributed by atoms with Crippen molar-refractivity contribution in [3.8, 4) is 0 Å². The Kier molecular flexibility index (Phi) is 5.12. The fraction of sp³-hybridized carbons (Fsp3) is 0.545. The van der Waals surface area contributed by atoms with Crippen molar-refractivity contribution in [2.75, 3.05) is 12.3 Å². The molecule has 7 heteroatoms. The maximum Gasteiger partial charge on any atom is 0.247 e. The number of nitrogens with two attached hydrogens (primary N) is 1. The molecule has 0 aliphatic heterocycles. The average molecular weight is 336 g/mol. The summed E-state index contributed by atoms with van der Waals surface area (Å²) in [6.07, 6.45) is 2.22. The molecule has 2 N–H and O–H groups in total. The fourth-order valence-corrected chi connectivity index (χ4v) is 3.98. The molecule has 1 unspecified atom stereocenters. The number of hydrogen-bond acceptors (Lipinski definition) is 4. The maximum absolute atomic E-state index is 12.5. The van der Waals surface area contributed by atoms with Crippen molar-refractivity contribution in [1.82, 2.24) is 9.29 Å². The molecule has 1 atom stereocenters. The number of sulfonamides is 1. The first-order valence-electron chi connectivity index (χ1n) is 5.77. The average Bonchev–Trinajstić information content (AvgIpc) is 2.32. The molecule has 5 nitrogen and oxygen atoms in total. The third-order valence-corrected chi connectivity index (χ3v) is 5.38. The van der Waals surface area contributed by atoms with Crippen LogP contribution in [0.15, 0.2) is 21.6 Å². The minimum absolute atomic E-state index is 0.0277. The summed E-state index contributed by atoms with van der Waals surface area (Å²) in [6.45, 7) is 6.04. The molecule has 1 rings (SSSR count). The molecule has 0 saturated carbocycles. The second-order valence-electron chi connectivity index (χ2n) is 4.00. The number of hydrogen-bond donors (Lipinski definition) is 1. The number of nitrogens with zero attached hydrogens (tertiary/aromatic N) is 2. The Morgan fingerprint density at radius 1 is 1.50 bits per heavy atom. The van der Waals surface area contributed by atoms with Gasteiger partial charge in [-0.05, 0) is 35.3 Å². The summed E-state index contributed by atoms with van der Waals surface area (Å²) < 4.78 is 27.1. The predicted octanol–water partition coefficient (Wildman–Crippen LogP) is 2.24. The van der Waals surface area contributed by atoms with Gasteiger partial charge in [-0.1, -0.05) is 13.8 Å². The number of rotatable bonds is 5. The Bertz CT molecular complexity index is 519. The van der Waals surface area contributed by atoms with E-state index in [9.17, 15) is 8.42 Å². The fourth-order valence-electron chi connectivity index (χ4n) is 1.69. The molecule has 0 aliphatic rings. The van der Waals surface area contributed by atoms with E-state index in [2.05, 4.69) is 20.9 Å². The zero-order chi connectivity index (χ0) is 13.9. The molecular formula is C11H18BrN3O2S. The van der Waals surface area contributed by atoms with Crippen LogP contribution in [0.3, 0.4) is 0 Å². The first-order valence-corrected chi connectivity index (χ1v) is 8.00. The van der Waals surface area contributed by atoms with Gasteiger partial charge in [0, 0.05) is 23.3 Å². The molecule has 0 saturated heterocycles. The van der Waals surface area contributed by atoms with Gasteiger partial charge in [-0.3, -0.25) is 0 Å². The molecule has 102 valence electrons. The van der Waals surface area contributed by atoms with E-state index < -0.39 is 10.0 Å². The molecule has 1 aromatic heterocycles. The minimum atomic E-state index is -3.60. The molecule has 0 radical (unpaired) electrons. The van der Waals surface area contributed by atoms with Gasteiger partial charge in [-0.25, -0.2) is 13.4 Å². The molecule has 1 heterocycles. The van der Waals surface area contributed by atoms with Crippen LogP contribution in [0.1, 0.15) is 27.2 Å². The van der Waals surface area contributed by atoms with Crippen LogP contribution in [0, 0.1) is 0 Å². The summed E-state index contributed by atoms with van der Waals surface area (Å²) in [7, 11) is -3.60. The molecule has 0 amide bonds. The molecule has 0 aliphatic carbocycles. The van der Waals surface area contributed by atoms with Crippen LogP contribution in [-0.2, 0) is 10.0 Å². The van der Waals surface area contributed by atoms with Crippen LogP contribution >= 0.6 is 15.9 Å². The second kappa shape index (κ2) is 5.99. The van der Waals surface area contributed by atoms with Crippen LogP contribution in [0.2, 0.25) is 0 Å². The highest BCUT2D eigenvalue weighted by Crippen LogP contribution is 2.25. The highest BCUT2D eigenvalue weighted by atomic mass is 79.9. The Hall–Kier alpha value is -0.660. The maximum atomic E-state index is 12.5. The zero-order valence-corrected chi connectivity index (χ0v) is 13.1. The van der Waals surface area contributed by atoms with E-state index in [1.807, 2.05) is 20.8 Å². The molecule has 18 heavy (non-hydrogen) atoms.